The van der Waals surface area contributed by atoms with E-state index in [0.717, 1.165) is 27.4 Å². The molecule has 49 heavy (non-hydrogen) atoms. The molecular weight excluding hydrogens is 649 g/mol. The Balaban J connectivity index is 0.954. The number of halogens is 2. The van der Waals surface area contributed by atoms with Crippen molar-refractivity contribution in [2.75, 3.05) is 64.2 Å². The summed E-state index contributed by atoms with van der Waals surface area (Å²) < 4.78 is 18.4. The molecule has 3 aliphatic rings. The number of hydrogen-bond donors (Lipinski definition) is 2. The van der Waals surface area contributed by atoms with E-state index in [4.69, 9.17) is 16.3 Å². The van der Waals surface area contributed by atoms with Crippen molar-refractivity contribution in [3.05, 3.63) is 76.8 Å². The van der Waals surface area contributed by atoms with Gasteiger partial charge in [0.15, 0.2) is 12.7 Å². The van der Waals surface area contributed by atoms with Gasteiger partial charge >= 0.3 is 0 Å². The molecule has 2 aliphatic heterocycles. The van der Waals surface area contributed by atoms with Gasteiger partial charge in [-0.15, -0.1) is 0 Å². The zero-order valence-electron chi connectivity index (χ0n) is 26.9. The lowest BCUT2D eigenvalue weighted by Crippen LogP contribution is -2.52. The van der Waals surface area contributed by atoms with E-state index in [1.807, 2.05) is 40.2 Å². The number of likely N-dealkylation sites (tertiary alicyclic amines) is 1. The van der Waals surface area contributed by atoms with Gasteiger partial charge in [-0.25, -0.2) is 19.3 Å². The molecule has 0 bridgehead atoms. The van der Waals surface area contributed by atoms with Gasteiger partial charge in [-0.2, -0.15) is 5.10 Å². The number of amides is 2. The molecule has 2 N–H and O–H groups in total. The van der Waals surface area contributed by atoms with E-state index < -0.39 is 12.3 Å². The number of benzene rings is 1. The number of aromatic amines is 1. The van der Waals surface area contributed by atoms with Crippen LogP contribution >= 0.6 is 11.6 Å². The summed E-state index contributed by atoms with van der Waals surface area (Å²) >= 11 is 6.11. The van der Waals surface area contributed by atoms with E-state index in [1.165, 1.54) is 0 Å². The molecule has 5 heterocycles. The van der Waals surface area contributed by atoms with Crippen molar-refractivity contribution in [1.82, 2.24) is 40.3 Å². The Bertz CT molecular complexity index is 1920. The fourth-order valence-electron chi connectivity index (χ4n) is 6.87. The minimum absolute atomic E-state index is 0.0188. The third kappa shape index (κ3) is 7.19. The van der Waals surface area contributed by atoms with Crippen LogP contribution in [-0.2, 0) is 14.3 Å². The summed E-state index contributed by atoms with van der Waals surface area (Å²) in [5, 5.41) is 12.8. The number of carbonyl (C=O) groups excluding carboxylic acids is 2. The highest BCUT2D eigenvalue weighted by Crippen LogP contribution is 2.32. The van der Waals surface area contributed by atoms with Crippen molar-refractivity contribution in [3.8, 4) is 22.6 Å². The lowest BCUT2D eigenvalue weighted by molar-refractivity contribution is -0.137. The zero-order valence-corrected chi connectivity index (χ0v) is 27.7. The second-order valence-electron chi connectivity index (χ2n) is 12.6. The molecule has 0 spiro atoms. The molecule has 7 rings (SSSR count). The van der Waals surface area contributed by atoms with Crippen molar-refractivity contribution >= 4 is 41.3 Å². The van der Waals surface area contributed by atoms with E-state index in [2.05, 4.69) is 47.5 Å². The Kier molecular flexibility index (Phi) is 9.65. The van der Waals surface area contributed by atoms with Crippen molar-refractivity contribution in [2.24, 2.45) is 5.41 Å². The second-order valence-corrected chi connectivity index (χ2v) is 13.0. The topological polar surface area (TPSA) is 132 Å². The molecule has 14 heteroatoms. The number of aromatic nitrogens is 5. The molecule has 0 radical (unpaired) electrons. The lowest BCUT2D eigenvalue weighted by Gasteiger charge is -2.37. The van der Waals surface area contributed by atoms with Gasteiger partial charge in [0.2, 0.25) is 11.8 Å². The number of alkyl halides is 1. The number of hydrogen-bond acceptors (Lipinski definition) is 9. The third-order valence-corrected chi connectivity index (χ3v) is 9.72. The number of fused-ring (bicyclic) bond motifs is 1. The van der Waals surface area contributed by atoms with Crippen LogP contribution in [-0.4, -0.2) is 112 Å². The molecule has 2 atom stereocenters. The van der Waals surface area contributed by atoms with Gasteiger partial charge in [-0.3, -0.25) is 19.6 Å². The number of carbonyl (C=O) groups is 2. The fourth-order valence-corrected chi connectivity index (χ4v) is 7.04. The number of rotatable bonds is 10. The predicted octanol–water partition coefficient (Wildman–Crippen LogP) is 2.02. The van der Waals surface area contributed by atoms with E-state index in [-0.39, 0.29) is 31.0 Å². The summed E-state index contributed by atoms with van der Waals surface area (Å²) in [4.78, 5) is 46.1. The maximum Gasteiger partial charge on any atom is 0.236 e. The summed E-state index contributed by atoms with van der Waals surface area (Å²) in [7, 11) is 0. The average molecular weight is 686 g/mol. The monoisotopic (exact) mass is 685 g/mol. The molecule has 2 fully saturated rings. The lowest BCUT2D eigenvalue weighted by atomic mass is 9.86. The SMILES string of the molecule is O=C(CN1CCC(COCF)(C(=O)NC2C=c3c(-c4ccnc(Cl)c4)n[nH]c3=CC2)C1)N1CCN(c2ccc(-c3ncccn3)cc2)CC1. The third-order valence-electron chi connectivity index (χ3n) is 9.51. The quantitative estimate of drug-likeness (QED) is 0.241. The molecule has 1 aromatic carbocycles. The first-order valence-electron chi connectivity index (χ1n) is 16.4. The summed E-state index contributed by atoms with van der Waals surface area (Å²) in [5.74, 6) is 0.485. The highest BCUT2D eigenvalue weighted by molar-refractivity contribution is 6.29. The van der Waals surface area contributed by atoms with E-state index in [0.29, 0.717) is 68.8 Å². The Labute approximate surface area is 287 Å². The number of anilines is 1. The molecule has 0 saturated carbocycles. The molecular formula is C35H37ClFN9O3. The van der Waals surface area contributed by atoms with Crippen molar-refractivity contribution in [1.29, 1.82) is 0 Å². The fraction of sp³-hybridized carbons (Fsp3) is 0.371. The van der Waals surface area contributed by atoms with Crippen LogP contribution in [0.2, 0.25) is 5.15 Å². The highest BCUT2D eigenvalue weighted by atomic mass is 35.5. The molecule has 3 aromatic heterocycles. The standard InChI is InChI=1S/C35H37ClFN9O3/c36-30-18-25(8-12-38-30)32-28-19-26(4-7-29(28)42-43-32)41-34(48)35(22-49-23-37)9-13-44(21-35)20-31(47)46-16-14-45(15-17-46)27-5-2-24(3-6-27)33-39-10-1-11-40-33/h1-3,5-8,10-12,18-19,26,42H,4,9,13-17,20-23H2,(H,41,48). The Morgan fingerprint density at radius 2 is 1.82 bits per heavy atom. The molecule has 4 aromatic rings. The average Bonchev–Trinajstić information content (AvgIpc) is 3.76. The number of pyridine rings is 1. The Morgan fingerprint density at radius 3 is 2.57 bits per heavy atom. The van der Waals surface area contributed by atoms with Crippen LogP contribution in [0.3, 0.4) is 0 Å². The molecule has 254 valence electrons. The van der Waals surface area contributed by atoms with Crippen LogP contribution in [0.15, 0.2) is 61.1 Å². The molecule has 2 unspecified atom stereocenters. The van der Waals surface area contributed by atoms with Gasteiger partial charge in [-0.05, 0) is 61.9 Å². The smallest absolute Gasteiger partial charge is 0.236 e. The minimum atomic E-state index is -0.986. The van der Waals surface area contributed by atoms with Crippen molar-refractivity contribution in [3.63, 3.8) is 0 Å². The van der Waals surface area contributed by atoms with E-state index >= 15 is 0 Å². The molecule has 12 nitrogen and oxygen atoms in total. The first-order valence-corrected chi connectivity index (χ1v) is 16.7. The van der Waals surface area contributed by atoms with Crippen LogP contribution in [0.5, 0.6) is 0 Å². The summed E-state index contributed by atoms with van der Waals surface area (Å²) in [6.07, 6.45) is 10.1. The number of nitrogens with one attached hydrogen (secondary N) is 2. The predicted molar refractivity (Wildman–Crippen MR) is 183 cm³/mol. The van der Waals surface area contributed by atoms with Crippen LogP contribution < -0.4 is 20.8 Å². The van der Waals surface area contributed by atoms with Crippen molar-refractivity contribution < 1.29 is 18.7 Å². The van der Waals surface area contributed by atoms with Crippen LogP contribution in [0.4, 0.5) is 10.1 Å². The largest absolute Gasteiger partial charge is 0.368 e. The summed E-state index contributed by atoms with van der Waals surface area (Å²) in [5.41, 5.74) is 2.59. The maximum atomic E-state index is 13.9. The van der Waals surface area contributed by atoms with Gasteiger partial charge in [0.1, 0.15) is 5.15 Å². The number of H-pyrrole nitrogens is 1. The van der Waals surface area contributed by atoms with Gasteiger partial charge in [0.05, 0.1) is 35.7 Å². The van der Waals surface area contributed by atoms with Gasteiger partial charge < -0.3 is 19.9 Å². The second kappa shape index (κ2) is 14.4. The number of piperazine rings is 1. The van der Waals surface area contributed by atoms with Gasteiger partial charge in [-0.1, -0.05) is 23.8 Å². The molecule has 2 amide bonds. The van der Waals surface area contributed by atoms with Gasteiger partial charge in [0, 0.05) is 73.3 Å². The van der Waals surface area contributed by atoms with Crippen LogP contribution in [0.1, 0.15) is 12.8 Å². The highest BCUT2D eigenvalue weighted by Gasteiger charge is 2.46. The van der Waals surface area contributed by atoms with E-state index in [1.54, 1.807) is 30.7 Å². The normalized spacial score (nSPS) is 20.7. The molecule has 1 aliphatic carbocycles. The molecule has 2 saturated heterocycles. The van der Waals surface area contributed by atoms with Crippen LogP contribution in [0, 0.1) is 5.41 Å². The Morgan fingerprint density at radius 1 is 1.02 bits per heavy atom. The minimum Gasteiger partial charge on any atom is -0.368 e. The zero-order chi connectivity index (χ0) is 33.8. The summed E-state index contributed by atoms with van der Waals surface area (Å²) in [6, 6.07) is 13.2. The van der Waals surface area contributed by atoms with Gasteiger partial charge in [0.25, 0.3) is 0 Å². The van der Waals surface area contributed by atoms with Crippen molar-refractivity contribution in [2.45, 2.75) is 18.9 Å². The number of nitrogens with zero attached hydrogens (tertiary/aromatic N) is 7. The van der Waals surface area contributed by atoms with E-state index in [9.17, 15) is 14.0 Å². The number of ether oxygens (including phenoxy) is 1. The first-order chi connectivity index (χ1) is 23.9. The Hall–Kier alpha value is -4.72. The summed E-state index contributed by atoms with van der Waals surface area (Å²) in [6.45, 7) is 2.61. The van der Waals surface area contributed by atoms with Crippen LogP contribution in [0.25, 0.3) is 34.8 Å². The first kappa shape index (κ1) is 32.8. The maximum absolute atomic E-state index is 13.9.